The molecule has 0 bridgehead atoms. The van der Waals surface area contributed by atoms with Crippen LogP contribution in [0.25, 0.3) is 11.3 Å². The van der Waals surface area contributed by atoms with Crippen LogP contribution in [0.5, 0.6) is 6.01 Å². The van der Waals surface area contributed by atoms with Crippen molar-refractivity contribution in [1.82, 2.24) is 14.9 Å². The van der Waals surface area contributed by atoms with E-state index in [2.05, 4.69) is 9.97 Å². The van der Waals surface area contributed by atoms with E-state index in [1.165, 1.54) is 17.0 Å². The summed E-state index contributed by atoms with van der Waals surface area (Å²) in [6.45, 7) is 5.93. The largest absolute Gasteiger partial charge is 0.384 e. The molecule has 156 valence electrons. The van der Waals surface area contributed by atoms with Gasteiger partial charge >= 0.3 is 6.01 Å². The van der Waals surface area contributed by atoms with Crippen molar-refractivity contribution >= 4 is 17.9 Å². The van der Waals surface area contributed by atoms with Crippen molar-refractivity contribution in [2.24, 2.45) is 0 Å². The van der Waals surface area contributed by atoms with Gasteiger partial charge in [0.15, 0.2) is 0 Å². The first-order valence-electron chi connectivity index (χ1n) is 9.57. The average molecular weight is 426 g/mol. The Morgan fingerprint density at radius 1 is 1.03 bits per heavy atom. The summed E-state index contributed by atoms with van der Waals surface area (Å²) in [6.07, 6.45) is 0. The molecule has 0 saturated carbocycles. The Labute approximate surface area is 180 Å². The molecule has 2 aromatic carbocycles. The highest BCUT2D eigenvalue weighted by atomic mass is 32.2. The van der Waals surface area contributed by atoms with Gasteiger partial charge in [0, 0.05) is 24.6 Å². The standard InChI is InChI=1S/C23H24FN3O2S/c1-14(2)20-19(22(28)27(4)5)21(16-8-10-17(24)11-9-16)26-23(25-20)29-30-18-12-6-15(3)7-13-18/h6-14H,1-5H3. The van der Waals surface area contributed by atoms with Crippen LogP contribution in [0.2, 0.25) is 0 Å². The zero-order chi connectivity index (χ0) is 21.8. The van der Waals surface area contributed by atoms with Gasteiger partial charge in [-0.2, -0.15) is 9.97 Å². The second-order valence-corrected chi connectivity index (χ2v) is 8.26. The van der Waals surface area contributed by atoms with E-state index >= 15 is 0 Å². The Morgan fingerprint density at radius 3 is 2.23 bits per heavy atom. The first-order valence-corrected chi connectivity index (χ1v) is 10.3. The maximum atomic E-state index is 13.5. The second kappa shape index (κ2) is 9.26. The Morgan fingerprint density at radius 2 is 1.67 bits per heavy atom. The molecule has 0 radical (unpaired) electrons. The van der Waals surface area contributed by atoms with Crippen molar-refractivity contribution in [1.29, 1.82) is 0 Å². The highest BCUT2D eigenvalue weighted by Crippen LogP contribution is 2.32. The van der Waals surface area contributed by atoms with E-state index < -0.39 is 0 Å². The third-order valence-electron chi connectivity index (χ3n) is 4.43. The molecule has 0 saturated heterocycles. The smallest absolute Gasteiger partial charge is 0.330 e. The van der Waals surface area contributed by atoms with Crippen LogP contribution in [0.1, 0.15) is 41.4 Å². The number of aryl methyl sites for hydroxylation is 1. The summed E-state index contributed by atoms with van der Waals surface area (Å²) >= 11 is 1.15. The van der Waals surface area contributed by atoms with Crippen LogP contribution >= 0.6 is 12.0 Å². The Kier molecular flexibility index (Phi) is 6.72. The van der Waals surface area contributed by atoms with E-state index in [1.807, 2.05) is 45.0 Å². The van der Waals surface area contributed by atoms with E-state index in [9.17, 15) is 9.18 Å². The molecule has 0 unspecified atom stereocenters. The van der Waals surface area contributed by atoms with Gasteiger partial charge in [0.05, 0.1) is 29.0 Å². The summed E-state index contributed by atoms with van der Waals surface area (Å²) in [5.41, 5.74) is 3.18. The highest BCUT2D eigenvalue weighted by molar-refractivity contribution is 7.95. The molecule has 0 spiro atoms. The molecule has 30 heavy (non-hydrogen) atoms. The van der Waals surface area contributed by atoms with Gasteiger partial charge in [0.2, 0.25) is 0 Å². The fraction of sp³-hybridized carbons (Fsp3) is 0.261. The third-order valence-corrected chi connectivity index (χ3v) is 5.13. The number of rotatable bonds is 6. The molecule has 0 aliphatic heterocycles. The molecular formula is C23H24FN3O2S. The molecule has 1 amide bonds. The lowest BCUT2D eigenvalue weighted by molar-refractivity contribution is 0.0826. The quantitative estimate of drug-likeness (QED) is 0.488. The van der Waals surface area contributed by atoms with Crippen molar-refractivity contribution in [2.75, 3.05) is 14.1 Å². The zero-order valence-corrected chi connectivity index (χ0v) is 18.5. The predicted molar refractivity (Wildman–Crippen MR) is 117 cm³/mol. The summed E-state index contributed by atoms with van der Waals surface area (Å²) < 4.78 is 19.3. The van der Waals surface area contributed by atoms with E-state index in [1.54, 1.807) is 26.2 Å². The highest BCUT2D eigenvalue weighted by Gasteiger charge is 2.25. The van der Waals surface area contributed by atoms with Gasteiger partial charge in [0.1, 0.15) is 5.82 Å². The number of benzene rings is 2. The van der Waals surface area contributed by atoms with E-state index in [-0.39, 0.29) is 23.7 Å². The number of hydrogen-bond donors (Lipinski definition) is 0. The molecule has 0 aliphatic carbocycles. The third kappa shape index (κ3) is 4.97. The monoisotopic (exact) mass is 425 g/mol. The van der Waals surface area contributed by atoms with Crippen molar-refractivity contribution in [3.63, 3.8) is 0 Å². The van der Waals surface area contributed by atoms with Crippen LogP contribution in [0, 0.1) is 12.7 Å². The maximum Gasteiger partial charge on any atom is 0.330 e. The molecule has 3 rings (SSSR count). The van der Waals surface area contributed by atoms with Crippen molar-refractivity contribution in [2.45, 2.75) is 31.6 Å². The first kappa shape index (κ1) is 21.8. The molecule has 5 nitrogen and oxygen atoms in total. The van der Waals surface area contributed by atoms with Gasteiger partial charge < -0.3 is 9.08 Å². The number of carbonyl (C=O) groups is 1. The summed E-state index contributed by atoms with van der Waals surface area (Å²) in [5.74, 6) is -0.614. The van der Waals surface area contributed by atoms with Gasteiger partial charge in [0.25, 0.3) is 5.91 Å². The van der Waals surface area contributed by atoms with E-state index in [0.29, 0.717) is 22.5 Å². The van der Waals surface area contributed by atoms with Crippen LogP contribution < -0.4 is 4.18 Å². The minimum Gasteiger partial charge on any atom is -0.384 e. The Hall–Kier alpha value is -2.93. The summed E-state index contributed by atoms with van der Waals surface area (Å²) in [4.78, 5) is 24.4. The molecule has 0 fully saturated rings. The normalized spacial score (nSPS) is 10.9. The molecule has 3 aromatic rings. The minimum atomic E-state index is -0.358. The number of hydrogen-bond acceptors (Lipinski definition) is 5. The molecule has 7 heteroatoms. The molecular weight excluding hydrogens is 401 g/mol. The predicted octanol–water partition coefficient (Wildman–Crippen LogP) is 5.50. The number of amides is 1. The van der Waals surface area contributed by atoms with Crippen LogP contribution in [0.3, 0.4) is 0 Å². The fourth-order valence-corrected chi connectivity index (χ4v) is 3.33. The summed E-state index contributed by atoms with van der Waals surface area (Å²) in [7, 11) is 3.36. The zero-order valence-electron chi connectivity index (χ0n) is 17.6. The number of aromatic nitrogens is 2. The SMILES string of the molecule is Cc1ccc(SOc2nc(-c3ccc(F)cc3)c(C(=O)N(C)C)c(C(C)C)n2)cc1. The number of carbonyl (C=O) groups excluding carboxylic acids is 1. The van der Waals surface area contributed by atoms with Gasteiger partial charge in [-0.25, -0.2) is 4.39 Å². The van der Waals surface area contributed by atoms with Gasteiger partial charge in [-0.1, -0.05) is 31.5 Å². The average Bonchev–Trinajstić information content (AvgIpc) is 2.72. The summed E-state index contributed by atoms with van der Waals surface area (Å²) in [5, 5.41) is 0. The van der Waals surface area contributed by atoms with Gasteiger partial charge in [-0.15, -0.1) is 0 Å². The fourth-order valence-electron chi connectivity index (χ4n) is 2.84. The molecule has 0 aliphatic rings. The summed E-state index contributed by atoms with van der Waals surface area (Å²) in [6, 6.07) is 13.9. The Bertz CT molecular complexity index is 1040. The Balaban J connectivity index is 2.09. The second-order valence-electron chi connectivity index (χ2n) is 7.46. The molecule has 1 aromatic heterocycles. The van der Waals surface area contributed by atoms with Crippen LogP contribution in [-0.2, 0) is 0 Å². The van der Waals surface area contributed by atoms with E-state index in [4.69, 9.17) is 4.18 Å². The minimum absolute atomic E-state index is 0.0437. The first-order chi connectivity index (χ1) is 14.3. The topological polar surface area (TPSA) is 55.3 Å². The van der Waals surface area contributed by atoms with Gasteiger partial charge in [-0.05, 0) is 49.2 Å². The molecule has 0 N–H and O–H groups in total. The lowest BCUT2D eigenvalue weighted by Crippen LogP contribution is -2.25. The van der Waals surface area contributed by atoms with Crippen molar-refractivity contribution < 1.29 is 13.4 Å². The lowest BCUT2D eigenvalue weighted by atomic mass is 9.97. The van der Waals surface area contributed by atoms with Crippen molar-refractivity contribution in [3.8, 4) is 17.3 Å². The van der Waals surface area contributed by atoms with E-state index in [0.717, 1.165) is 22.5 Å². The van der Waals surface area contributed by atoms with Gasteiger partial charge in [-0.3, -0.25) is 4.79 Å². The lowest BCUT2D eigenvalue weighted by Gasteiger charge is -2.19. The number of halogens is 1. The van der Waals surface area contributed by atoms with Crippen LogP contribution in [0.15, 0.2) is 53.4 Å². The molecule has 1 heterocycles. The molecule has 0 atom stereocenters. The van der Waals surface area contributed by atoms with Crippen LogP contribution in [0.4, 0.5) is 4.39 Å². The maximum absolute atomic E-state index is 13.5. The van der Waals surface area contributed by atoms with Crippen molar-refractivity contribution in [3.05, 3.63) is 71.2 Å². The number of nitrogens with zero attached hydrogens (tertiary/aromatic N) is 3. The van der Waals surface area contributed by atoms with Crippen LogP contribution in [-0.4, -0.2) is 34.9 Å².